The van der Waals surface area contributed by atoms with Crippen LogP contribution in [-0.4, -0.2) is 18.2 Å². The zero-order valence-corrected chi connectivity index (χ0v) is 9.12. The van der Waals surface area contributed by atoms with Gasteiger partial charge < -0.3 is 10.2 Å². The monoisotopic (exact) mass is 273 g/mol. The summed E-state index contributed by atoms with van der Waals surface area (Å²) in [6, 6.07) is 6.15. The number of anilines is 1. The number of carbonyl (C=O) groups excluding carboxylic acids is 2. The smallest absolute Gasteiger partial charge is 0.331 e. The molecular weight excluding hydrogens is 267 g/mol. The van der Waals surface area contributed by atoms with E-state index in [4.69, 9.17) is 5.26 Å². The second-order valence-electron chi connectivity index (χ2n) is 3.13. The van der Waals surface area contributed by atoms with E-state index in [0.29, 0.717) is 5.56 Å². The van der Waals surface area contributed by atoms with Gasteiger partial charge in [0.25, 0.3) is 0 Å². The van der Waals surface area contributed by atoms with Gasteiger partial charge in [0.05, 0.1) is 11.6 Å². The van der Waals surface area contributed by atoms with Crippen molar-refractivity contribution >= 4 is 17.7 Å². The Morgan fingerprint density at radius 1 is 1.21 bits per heavy atom. The van der Waals surface area contributed by atoms with Crippen molar-refractivity contribution in [2.24, 2.45) is 0 Å². The van der Waals surface area contributed by atoms with Crippen LogP contribution in [0.1, 0.15) is 5.56 Å². The molecule has 0 atom stereocenters. The van der Waals surface area contributed by atoms with E-state index in [-0.39, 0.29) is 5.69 Å². The molecule has 0 spiro atoms. The van der Waals surface area contributed by atoms with Gasteiger partial charge in [-0.2, -0.15) is 23.9 Å². The first-order chi connectivity index (χ1) is 8.82. The summed E-state index contributed by atoms with van der Waals surface area (Å²) in [4.78, 5) is 24.9. The molecule has 0 bridgehead atoms. The molecule has 0 aromatic heterocycles. The minimum absolute atomic E-state index is 0.208. The number of rotatable bonds is 1. The van der Waals surface area contributed by atoms with E-state index in [0.717, 1.165) is 0 Å². The average molecular weight is 273 g/mol. The number of hydrogen-bond donors (Lipinski definition) is 2. The Hall–Kier alpha value is -2.76. The molecule has 1 aromatic rings. The topological polar surface area (TPSA) is 91.2 Å². The maximum Gasteiger partial charge on any atom is 0.493 e. The first-order valence-electron chi connectivity index (χ1n) is 4.68. The normalized spacial score (nSPS) is 10.2. The molecule has 1 aromatic carbocycles. The predicted octanol–water partition coefficient (Wildman–Crippen LogP) is 1.70. The van der Waals surface area contributed by atoms with Gasteiger partial charge in [-0.1, -0.05) is 0 Å². The lowest BCUT2D eigenvalue weighted by molar-refractivity contribution is -0.204. The van der Waals surface area contributed by atoms with Crippen molar-refractivity contribution in [2.45, 2.75) is 6.18 Å². The highest BCUT2D eigenvalue weighted by atomic mass is 19.4. The molecule has 0 saturated heterocycles. The lowest BCUT2D eigenvalue weighted by Crippen LogP contribution is -2.36. The van der Waals surface area contributed by atoms with Crippen LogP contribution >= 0.6 is 0 Å². The Morgan fingerprint density at radius 3 is 2.26 bits per heavy atom. The fourth-order valence-electron chi connectivity index (χ4n) is 0.935. The van der Waals surface area contributed by atoms with Gasteiger partial charge >= 0.3 is 18.2 Å². The highest BCUT2D eigenvalue weighted by Crippen LogP contribution is 2.15. The standard InChI is InChI=1S/C10H6F3N3O3/c11-10(12,13)8(17)19-16-9(18)15-7-3-1-6(5-14)2-4-7/h1-4H,(H2,15,16,18). The number of nitrogens with zero attached hydrogens (tertiary/aromatic N) is 1. The molecule has 9 heteroatoms. The summed E-state index contributed by atoms with van der Waals surface area (Å²) in [5, 5.41) is 10.6. The highest BCUT2D eigenvalue weighted by Gasteiger charge is 2.41. The zero-order chi connectivity index (χ0) is 14.5. The third-order valence-electron chi connectivity index (χ3n) is 1.74. The number of urea groups is 1. The lowest BCUT2D eigenvalue weighted by atomic mass is 10.2. The van der Waals surface area contributed by atoms with Crippen LogP contribution in [0, 0.1) is 11.3 Å². The molecule has 6 nitrogen and oxygen atoms in total. The summed E-state index contributed by atoms with van der Waals surface area (Å²) in [5.74, 6) is -2.54. The molecule has 0 aliphatic carbocycles. The van der Waals surface area contributed by atoms with Gasteiger partial charge in [-0.3, -0.25) is 0 Å². The summed E-state index contributed by atoms with van der Waals surface area (Å²) in [5.41, 5.74) is 1.83. The molecule has 0 radical (unpaired) electrons. The number of benzene rings is 1. The van der Waals surface area contributed by atoms with Crippen molar-refractivity contribution in [3.05, 3.63) is 29.8 Å². The number of hydroxylamine groups is 1. The van der Waals surface area contributed by atoms with Crippen molar-refractivity contribution in [2.75, 3.05) is 5.32 Å². The largest absolute Gasteiger partial charge is 0.493 e. The molecule has 100 valence electrons. The number of nitriles is 1. The van der Waals surface area contributed by atoms with E-state index in [1.807, 2.05) is 6.07 Å². The van der Waals surface area contributed by atoms with Crippen LogP contribution in [0.2, 0.25) is 0 Å². The summed E-state index contributed by atoms with van der Waals surface area (Å²) in [6.07, 6.45) is -5.19. The Labute approximate surface area is 104 Å². The van der Waals surface area contributed by atoms with E-state index < -0.39 is 18.2 Å². The van der Waals surface area contributed by atoms with Gasteiger partial charge in [0.1, 0.15) is 0 Å². The number of halogens is 3. The van der Waals surface area contributed by atoms with Crippen LogP contribution in [0.4, 0.5) is 23.7 Å². The Kier molecular flexibility index (Phi) is 4.31. The summed E-state index contributed by atoms with van der Waals surface area (Å²) in [7, 11) is 0. The van der Waals surface area contributed by atoms with Crippen molar-refractivity contribution in [3.8, 4) is 6.07 Å². The minimum Gasteiger partial charge on any atom is -0.331 e. The summed E-state index contributed by atoms with van der Waals surface area (Å²) in [6.45, 7) is 0. The van der Waals surface area contributed by atoms with Gasteiger partial charge in [0, 0.05) is 5.69 Å². The quantitative estimate of drug-likeness (QED) is 0.762. The van der Waals surface area contributed by atoms with Crippen molar-refractivity contribution in [3.63, 3.8) is 0 Å². The number of hydrogen-bond acceptors (Lipinski definition) is 4. The summed E-state index contributed by atoms with van der Waals surface area (Å²) >= 11 is 0. The van der Waals surface area contributed by atoms with Crippen molar-refractivity contribution < 1.29 is 27.6 Å². The first kappa shape index (κ1) is 14.3. The van der Waals surface area contributed by atoms with E-state index in [9.17, 15) is 22.8 Å². The van der Waals surface area contributed by atoms with Crippen LogP contribution in [-0.2, 0) is 9.63 Å². The second kappa shape index (κ2) is 5.72. The minimum atomic E-state index is -5.19. The van der Waals surface area contributed by atoms with E-state index in [2.05, 4.69) is 10.2 Å². The molecule has 0 saturated carbocycles. The number of alkyl halides is 3. The van der Waals surface area contributed by atoms with Crippen LogP contribution in [0.15, 0.2) is 24.3 Å². The molecule has 0 aliphatic heterocycles. The Balaban J connectivity index is 2.47. The maximum absolute atomic E-state index is 11.7. The van der Waals surface area contributed by atoms with Crippen molar-refractivity contribution in [1.82, 2.24) is 5.48 Å². The van der Waals surface area contributed by atoms with Gasteiger partial charge in [-0.15, -0.1) is 0 Å². The molecule has 1 rings (SSSR count). The molecular formula is C10H6F3N3O3. The predicted molar refractivity (Wildman–Crippen MR) is 55.5 cm³/mol. The Morgan fingerprint density at radius 2 is 1.79 bits per heavy atom. The average Bonchev–Trinajstić information content (AvgIpc) is 2.35. The third kappa shape index (κ3) is 4.55. The van der Waals surface area contributed by atoms with Crippen molar-refractivity contribution in [1.29, 1.82) is 5.26 Å². The molecule has 0 fully saturated rings. The first-order valence-corrected chi connectivity index (χ1v) is 4.68. The molecule has 2 N–H and O–H groups in total. The van der Waals surface area contributed by atoms with E-state index in [1.165, 1.54) is 29.7 Å². The fraction of sp³-hybridized carbons (Fsp3) is 0.100. The Bertz CT molecular complexity index is 520. The van der Waals surface area contributed by atoms with E-state index >= 15 is 0 Å². The van der Waals surface area contributed by atoms with Gasteiger partial charge in [-0.05, 0) is 24.3 Å². The van der Waals surface area contributed by atoms with Gasteiger partial charge in [-0.25, -0.2) is 9.59 Å². The highest BCUT2D eigenvalue weighted by molar-refractivity contribution is 5.89. The van der Waals surface area contributed by atoms with Crippen LogP contribution in [0.5, 0.6) is 0 Å². The molecule has 0 aliphatic rings. The van der Waals surface area contributed by atoms with Crippen LogP contribution in [0.3, 0.4) is 0 Å². The van der Waals surface area contributed by atoms with E-state index in [1.54, 1.807) is 0 Å². The van der Waals surface area contributed by atoms with Gasteiger partial charge in [0.15, 0.2) is 0 Å². The zero-order valence-electron chi connectivity index (χ0n) is 9.12. The maximum atomic E-state index is 11.7. The lowest BCUT2D eigenvalue weighted by Gasteiger charge is -2.08. The molecule has 0 heterocycles. The molecule has 19 heavy (non-hydrogen) atoms. The number of carbonyl (C=O) groups is 2. The van der Waals surface area contributed by atoms with Crippen LogP contribution in [0.25, 0.3) is 0 Å². The second-order valence-corrected chi connectivity index (χ2v) is 3.13. The van der Waals surface area contributed by atoms with Gasteiger partial charge in [0.2, 0.25) is 0 Å². The summed E-state index contributed by atoms with van der Waals surface area (Å²) < 4.78 is 35.2. The third-order valence-corrected chi connectivity index (χ3v) is 1.74. The SMILES string of the molecule is N#Cc1ccc(NC(=O)NOC(=O)C(F)(F)F)cc1. The number of amides is 2. The molecule has 0 unspecified atom stereocenters. The molecule has 2 amide bonds. The number of nitrogens with one attached hydrogen (secondary N) is 2. The van der Waals surface area contributed by atoms with Crippen LogP contribution < -0.4 is 10.8 Å². The fourth-order valence-corrected chi connectivity index (χ4v) is 0.935.